The van der Waals surface area contributed by atoms with Gasteiger partial charge in [0, 0.05) is 18.2 Å². The second-order valence-electron chi connectivity index (χ2n) is 4.14. The highest BCUT2D eigenvalue weighted by atomic mass is 32.1. The van der Waals surface area contributed by atoms with E-state index in [9.17, 15) is 9.59 Å². The predicted molar refractivity (Wildman–Crippen MR) is 75.8 cm³/mol. The van der Waals surface area contributed by atoms with Crippen LogP contribution in [0.2, 0.25) is 0 Å². The molecule has 5 heteroatoms. The highest BCUT2D eigenvalue weighted by Crippen LogP contribution is 2.35. The van der Waals surface area contributed by atoms with Crippen molar-refractivity contribution in [2.45, 2.75) is 13.8 Å². The standard InChI is InChI=1S/C14H13NO3S/c1-8-11(7-19-13(8)14(17)18)10-5-3-4-6-12(10)15-9(2)16/h3-7H,1-2H3,(H,15,16)(H,17,18). The Bertz CT molecular complexity index is 646. The number of aromatic carboxylic acids is 1. The first kappa shape index (κ1) is 13.3. The van der Waals surface area contributed by atoms with Crippen LogP contribution < -0.4 is 5.32 Å². The summed E-state index contributed by atoms with van der Waals surface area (Å²) >= 11 is 1.19. The fraction of sp³-hybridized carbons (Fsp3) is 0.143. The van der Waals surface area contributed by atoms with Gasteiger partial charge in [-0.3, -0.25) is 4.79 Å². The molecule has 1 aromatic carbocycles. The van der Waals surface area contributed by atoms with Crippen molar-refractivity contribution in [3.05, 3.63) is 40.1 Å². The lowest BCUT2D eigenvalue weighted by Crippen LogP contribution is -2.06. The maximum absolute atomic E-state index is 11.2. The van der Waals surface area contributed by atoms with Gasteiger partial charge in [0.25, 0.3) is 0 Å². The fourth-order valence-electron chi connectivity index (χ4n) is 1.91. The van der Waals surface area contributed by atoms with Gasteiger partial charge in [-0.15, -0.1) is 11.3 Å². The van der Waals surface area contributed by atoms with Crippen molar-refractivity contribution in [1.82, 2.24) is 0 Å². The van der Waals surface area contributed by atoms with E-state index < -0.39 is 5.97 Å². The van der Waals surface area contributed by atoms with Gasteiger partial charge in [-0.1, -0.05) is 18.2 Å². The molecular formula is C14H13NO3S. The van der Waals surface area contributed by atoms with Crippen LogP contribution in [0, 0.1) is 6.92 Å². The molecule has 0 atom stereocenters. The lowest BCUT2D eigenvalue weighted by atomic mass is 10.0. The minimum atomic E-state index is -0.925. The van der Waals surface area contributed by atoms with Crippen molar-refractivity contribution in [3.8, 4) is 11.1 Å². The summed E-state index contributed by atoms with van der Waals surface area (Å²) in [6.07, 6.45) is 0. The summed E-state index contributed by atoms with van der Waals surface area (Å²) in [5, 5.41) is 13.6. The van der Waals surface area contributed by atoms with Crippen molar-refractivity contribution in [2.24, 2.45) is 0 Å². The molecule has 0 radical (unpaired) electrons. The number of carboxylic acids is 1. The first-order valence-corrected chi connectivity index (χ1v) is 6.57. The van der Waals surface area contributed by atoms with Crippen molar-refractivity contribution >= 4 is 28.9 Å². The van der Waals surface area contributed by atoms with Gasteiger partial charge in [-0.2, -0.15) is 0 Å². The molecule has 19 heavy (non-hydrogen) atoms. The topological polar surface area (TPSA) is 66.4 Å². The molecule has 4 nitrogen and oxygen atoms in total. The lowest BCUT2D eigenvalue weighted by Gasteiger charge is -2.09. The van der Waals surface area contributed by atoms with E-state index in [2.05, 4.69) is 5.32 Å². The number of hydrogen-bond donors (Lipinski definition) is 2. The molecule has 0 aliphatic carbocycles. The largest absolute Gasteiger partial charge is 0.477 e. The molecule has 1 aromatic heterocycles. The van der Waals surface area contributed by atoms with E-state index in [1.807, 2.05) is 18.2 Å². The van der Waals surface area contributed by atoms with Crippen LogP contribution >= 0.6 is 11.3 Å². The highest BCUT2D eigenvalue weighted by molar-refractivity contribution is 7.12. The molecule has 0 saturated heterocycles. The van der Waals surface area contributed by atoms with Gasteiger partial charge < -0.3 is 10.4 Å². The Kier molecular flexibility index (Phi) is 3.66. The van der Waals surface area contributed by atoms with Crippen molar-refractivity contribution < 1.29 is 14.7 Å². The molecule has 0 fully saturated rings. The van der Waals surface area contributed by atoms with E-state index in [4.69, 9.17) is 5.11 Å². The van der Waals surface area contributed by atoms with Crippen LogP contribution in [-0.4, -0.2) is 17.0 Å². The Balaban J connectivity index is 2.53. The van der Waals surface area contributed by atoms with Gasteiger partial charge in [0.05, 0.1) is 0 Å². The summed E-state index contributed by atoms with van der Waals surface area (Å²) < 4.78 is 0. The van der Waals surface area contributed by atoms with Crippen LogP contribution in [0.15, 0.2) is 29.6 Å². The normalized spacial score (nSPS) is 10.2. The third kappa shape index (κ3) is 2.66. The fourth-order valence-corrected chi connectivity index (χ4v) is 2.84. The smallest absolute Gasteiger partial charge is 0.346 e. The maximum Gasteiger partial charge on any atom is 0.346 e. The number of carboxylic acid groups (broad SMARTS) is 1. The molecule has 0 aliphatic rings. The molecule has 0 bridgehead atoms. The van der Waals surface area contributed by atoms with Crippen LogP contribution in [0.5, 0.6) is 0 Å². The van der Waals surface area contributed by atoms with E-state index in [-0.39, 0.29) is 5.91 Å². The van der Waals surface area contributed by atoms with Crippen molar-refractivity contribution in [3.63, 3.8) is 0 Å². The molecular weight excluding hydrogens is 262 g/mol. The molecule has 0 aliphatic heterocycles. The quantitative estimate of drug-likeness (QED) is 0.902. The van der Waals surface area contributed by atoms with Crippen molar-refractivity contribution in [1.29, 1.82) is 0 Å². The molecule has 1 amide bonds. The van der Waals surface area contributed by atoms with E-state index in [0.717, 1.165) is 16.7 Å². The summed E-state index contributed by atoms with van der Waals surface area (Å²) in [5.74, 6) is -1.08. The van der Waals surface area contributed by atoms with E-state index >= 15 is 0 Å². The maximum atomic E-state index is 11.2. The predicted octanol–water partition coefficient (Wildman–Crippen LogP) is 3.38. The van der Waals surface area contributed by atoms with Gasteiger partial charge in [0.15, 0.2) is 0 Å². The van der Waals surface area contributed by atoms with Gasteiger partial charge >= 0.3 is 5.97 Å². The summed E-state index contributed by atoms with van der Waals surface area (Å²) in [4.78, 5) is 22.6. The number of carbonyl (C=O) groups is 2. The molecule has 98 valence electrons. The Morgan fingerprint density at radius 1 is 1.21 bits per heavy atom. The van der Waals surface area contributed by atoms with E-state index in [1.165, 1.54) is 18.3 Å². The molecule has 2 N–H and O–H groups in total. The minimum absolute atomic E-state index is 0.154. The van der Waals surface area contributed by atoms with Gasteiger partial charge in [0.2, 0.25) is 5.91 Å². The van der Waals surface area contributed by atoms with Crippen LogP contribution in [0.1, 0.15) is 22.2 Å². The number of thiophene rings is 1. The number of para-hydroxylation sites is 1. The van der Waals surface area contributed by atoms with Crippen molar-refractivity contribution in [2.75, 3.05) is 5.32 Å². The Hall–Kier alpha value is -2.14. The summed E-state index contributed by atoms with van der Waals surface area (Å²) in [7, 11) is 0. The Morgan fingerprint density at radius 2 is 1.89 bits per heavy atom. The zero-order valence-corrected chi connectivity index (χ0v) is 11.4. The van der Waals surface area contributed by atoms with Gasteiger partial charge in [-0.25, -0.2) is 4.79 Å². The molecule has 2 rings (SSSR count). The number of hydrogen-bond acceptors (Lipinski definition) is 3. The van der Waals surface area contributed by atoms with Crippen LogP contribution in [-0.2, 0) is 4.79 Å². The van der Waals surface area contributed by atoms with Gasteiger partial charge in [-0.05, 0) is 29.5 Å². The number of amides is 1. The van der Waals surface area contributed by atoms with E-state index in [0.29, 0.717) is 10.6 Å². The average molecular weight is 275 g/mol. The summed E-state index contributed by atoms with van der Waals surface area (Å²) in [5.41, 5.74) is 3.08. The SMILES string of the molecule is CC(=O)Nc1ccccc1-c1csc(C(=O)O)c1C. The number of benzene rings is 1. The number of carbonyl (C=O) groups excluding carboxylic acids is 1. The molecule has 0 spiro atoms. The van der Waals surface area contributed by atoms with Crippen LogP contribution in [0.3, 0.4) is 0 Å². The lowest BCUT2D eigenvalue weighted by molar-refractivity contribution is -0.114. The first-order valence-electron chi connectivity index (χ1n) is 5.69. The zero-order valence-electron chi connectivity index (χ0n) is 10.6. The molecule has 1 heterocycles. The zero-order chi connectivity index (χ0) is 14.0. The number of rotatable bonds is 3. The molecule has 2 aromatic rings. The van der Waals surface area contributed by atoms with Crippen LogP contribution in [0.25, 0.3) is 11.1 Å². The van der Waals surface area contributed by atoms with E-state index in [1.54, 1.807) is 18.4 Å². The second-order valence-corrected chi connectivity index (χ2v) is 5.02. The average Bonchev–Trinajstić information content (AvgIpc) is 2.71. The third-order valence-corrected chi connectivity index (χ3v) is 3.83. The highest BCUT2D eigenvalue weighted by Gasteiger charge is 2.16. The number of anilines is 1. The third-order valence-electron chi connectivity index (χ3n) is 2.76. The Morgan fingerprint density at radius 3 is 2.47 bits per heavy atom. The monoisotopic (exact) mass is 275 g/mol. The van der Waals surface area contributed by atoms with Crippen LogP contribution in [0.4, 0.5) is 5.69 Å². The second kappa shape index (κ2) is 5.24. The van der Waals surface area contributed by atoms with Gasteiger partial charge in [0.1, 0.15) is 4.88 Å². The summed E-state index contributed by atoms with van der Waals surface area (Å²) in [6.45, 7) is 3.22. The first-order chi connectivity index (χ1) is 9.00. The minimum Gasteiger partial charge on any atom is -0.477 e. The Labute approximate surface area is 114 Å². The summed E-state index contributed by atoms with van der Waals surface area (Å²) in [6, 6.07) is 7.35. The molecule has 0 unspecified atom stereocenters. The number of nitrogens with one attached hydrogen (secondary N) is 1. The molecule has 0 saturated carbocycles.